The molecule has 0 aromatic heterocycles. The third-order valence-corrected chi connectivity index (χ3v) is 5.22. The number of carbonyl (C=O) groups excluding carboxylic acids is 1. The summed E-state index contributed by atoms with van der Waals surface area (Å²) < 4.78 is 56.3. The molecule has 0 radical (unpaired) electrons. The van der Waals surface area contributed by atoms with Crippen molar-refractivity contribution in [2.75, 3.05) is 26.1 Å². The Hall–Kier alpha value is -2.78. The van der Waals surface area contributed by atoms with Gasteiger partial charge in [-0.15, -0.1) is 0 Å². The fourth-order valence-corrected chi connectivity index (χ4v) is 3.69. The number of rotatable bonds is 7. The van der Waals surface area contributed by atoms with Gasteiger partial charge in [0.15, 0.2) is 11.5 Å². The van der Waals surface area contributed by atoms with Crippen LogP contribution in [-0.2, 0) is 19.6 Å². The molecule has 150 valence electrons. The number of sulfonamides is 1. The third-order valence-electron chi connectivity index (χ3n) is 3.54. The zero-order valence-corrected chi connectivity index (χ0v) is 16.7. The molecule has 1 N–H and O–H groups in total. The zero-order valence-electron chi connectivity index (χ0n) is 15.2. The number of methoxy groups -OCH3 is 3. The minimum atomic E-state index is -4.17. The van der Waals surface area contributed by atoms with E-state index in [1.54, 1.807) is 0 Å². The maximum absolute atomic E-state index is 13.3. The van der Waals surface area contributed by atoms with Gasteiger partial charge in [-0.2, -0.15) is 0 Å². The summed E-state index contributed by atoms with van der Waals surface area (Å²) in [5.41, 5.74) is 0.406. The summed E-state index contributed by atoms with van der Waals surface area (Å²) in [6.45, 7) is 0. The van der Waals surface area contributed by atoms with Crippen LogP contribution in [0.5, 0.6) is 11.5 Å². The van der Waals surface area contributed by atoms with Crippen LogP contribution in [-0.4, -0.2) is 35.7 Å². The molecule has 10 heteroatoms. The highest BCUT2D eigenvalue weighted by molar-refractivity contribution is 7.92. The van der Waals surface area contributed by atoms with E-state index in [2.05, 4.69) is 9.46 Å². The smallest absolute Gasteiger partial charge is 0.330 e. The van der Waals surface area contributed by atoms with Crippen molar-refractivity contribution in [3.8, 4) is 11.5 Å². The highest BCUT2D eigenvalue weighted by Gasteiger charge is 2.24. The summed E-state index contributed by atoms with van der Waals surface area (Å²) in [5.74, 6) is -1.21. The highest BCUT2D eigenvalue weighted by atomic mass is 35.5. The summed E-state index contributed by atoms with van der Waals surface area (Å²) in [6, 6.07) is 6.18. The van der Waals surface area contributed by atoms with E-state index in [1.807, 2.05) is 0 Å². The molecule has 0 bridgehead atoms. The highest BCUT2D eigenvalue weighted by Crippen LogP contribution is 2.37. The maximum Gasteiger partial charge on any atom is 0.330 e. The van der Waals surface area contributed by atoms with Gasteiger partial charge in [-0.25, -0.2) is 17.6 Å². The standard InChI is InChI=1S/C18H17ClFNO6S/c1-25-15-8-11(4-7-17(22)26-2)9-16(18(15)27-3)28(23,24)21-12-5-6-14(20)13(19)10-12/h4-10,21H,1-3H3/b7-4+. The van der Waals surface area contributed by atoms with E-state index < -0.39 is 21.8 Å². The summed E-state index contributed by atoms with van der Waals surface area (Å²) in [6.07, 6.45) is 2.49. The van der Waals surface area contributed by atoms with Gasteiger partial charge < -0.3 is 14.2 Å². The summed E-state index contributed by atoms with van der Waals surface area (Å²) in [5, 5.41) is -0.237. The minimum absolute atomic E-state index is 0.0431. The first-order valence-corrected chi connectivity index (χ1v) is 9.58. The van der Waals surface area contributed by atoms with Gasteiger partial charge in [0.1, 0.15) is 10.7 Å². The van der Waals surface area contributed by atoms with Crippen molar-refractivity contribution >= 4 is 39.4 Å². The lowest BCUT2D eigenvalue weighted by Gasteiger charge is -2.15. The Labute approximate surface area is 166 Å². The second kappa shape index (κ2) is 8.94. The molecule has 0 atom stereocenters. The van der Waals surface area contributed by atoms with E-state index in [0.29, 0.717) is 5.56 Å². The van der Waals surface area contributed by atoms with Crippen LogP contribution in [0.3, 0.4) is 0 Å². The topological polar surface area (TPSA) is 90.9 Å². The Morgan fingerprint density at radius 2 is 1.86 bits per heavy atom. The molecule has 2 aromatic carbocycles. The van der Waals surface area contributed by atoms with E-state index in [0.717, 1.165) is 18.2 Å². The van der Waals surface area contributed by atoms with E-state index in [9.17, 15) is 17.6 Å². The van der Waals surface area contributed by atoms with Crippen molar-refractivity contribution < 1.29 is 31.8 Å². The number of hydrogen-bond acceptors (Lipinski definition) is 6. The molecule has 0 fully saturated rings. The summed E-state index contributed by atoms with van der Waals surface area (Å²) in [4.78, 5) is 11.1. The monoisotopic (exact) mass is 429 g/mol. The Morgan fingerprint density at radius 1 is 1.14 bits per heavy atom. The first-order chi connectivity index (χ1) is 13.2. The second-order valence-electron chi connectivity index (χ2n) is 5.35. The number of nitrogens with one attached hydrogen (secondary N) is 1. The summed E-state index contributed by atoms with van der Waals surface area (Å²) in [7, 11) is -0.324. The van der Waals surface area contributed by atoms with Crippen molar-refractivity contribution in [2.45, 2.75) is 4.90 Å². The van der Waals surface area contributed by atoms with Crippen molar-refractivity contribution in [1.29, 1.82) is 0 Å². The van der Waals surface area contributed by atoms with Gasteiger partial charge in [0, 0.05) is 6.08 Å². The van der Waals surface area contributed by atoms with Gasteiger partial charge in [-0.05, 0) is 42.0 Å². The third kappa shape index (κ3) is 4.93. The fourth-order valence-electron chi connectivity index (χ4n) is 2.25. The van der Waals surface area contributed by atoms with E-state index in [4.69, 9.17) is 21.1 Å². The molecule has 0 saturated carbocycles. The minimum Gasteiger partial charge on any atom is -0.493 e. The SMILES string of the molecule is COC(=O)/C=C/c1cc(OC)c(OC)c(S(=O)(=O)Nc2ccc(F)c(Cl)c2)c1. The number of carbonyl (C=O) groups is 1. The molecular weight excluding hydrogens is 413 g/mol. The van der Waals surface area contributed by atoms with E-state index in [1.165, 1.54) is 45.6 Å². The van der Waals surface area contributed by atoms with Crippen LogP contribution in [0.2, 0.25) is 5.02 Å². The van der Waals surface area contributed by atoms with Crippen LogP contribution in [0.15, 0.2) is 41.3 Å². The number of halogens is 2. The largest absolute Gasteiger partial charge is 0.493 e. The van der Waals surface area contributed by atoms with Crippen LogP contribution in [0, 0.1) is 5.82 Å². The lowest BCUT2D eigenvalue weighted by Crippen LogP contribution is -2.15. The van der Waals surface area contributed by atoms with Crippen LogP contribution in [0.1, 0.15) is 5.56 Å². The maximum atomic E-state index is 13.3. The van der Waals surface area contributed by atoms with Gasteiger partial charge in [0.25, 0.3) is 10.0 Å². The molecule has 2 rings (SSSR count). The Bertz CT molecular complexity index is 1020. The Balaban J connectivity index is 2.54. The zero-order chi connectivity index (χ0) is 20.9. The van der Waals surface area contributed by atoms with Gasteiger partial charge in [-0.3, -0.25) is 4.72 Å². The average molecular weight is 430 g/mol. The molecule has 0 saturated heterocycles. The van der Waals surface area contributed by atoms with E-state index in [-0.39, 0.29) is 27.1 Å². The van der Waals surface area contributed by atoms with Gasteiger partial charge in [0.2, 0.25) is 0 Å². The Morgan fingerprint density at radius 3 is 2.43 bits per heavy atom. The Kier molecular flexibility index (Phi) is 6.87. The van der Waals surface area contributed by atoms with E-state index >= 15 is 0 Å². The van der Waals surface area contributed by atoms with Crippen molar-refractivity contribution in [3.63, 3.8) is 0 Å². The molecule has 0 unspecified atom stereocenters. The number of benzene rings is 2. The first kappa shape index (κ1) is 21.5. The normalized spacial score (nSPS) is 11.3. The van der Waals surface area contributed by atoms with Gasteiger partial charge >= 0.3 is 5.97 Å². The average Bonchev–Trinajstić information content (AvgIpc) is 2.67. The molecule has 0 spiro atoms. The molecule has 0 aliphatic carbocycles. The molecule has 28 heavy (non-hydrogen) atoms. The molecule has 0 aliphatic heterocycles. The molecule has 0 heterocycles. The fraction of sp³-hybridized carbons (Fsp3) is 0.167. The number of hydrogen-bond donors (Lipinski definition) is 1. The lowest BCUT2D eigenvalue weighted by molar-refractivity contribution is -0.134. The molecule has 0 amide bonds. The first-order valence-electron chi connectivity index (χ1n) is 7.71. The predicted molar refractivity (Wildman–Crippen MR) is 103 cm³/mol. The van der Waals surface area contributed by atoms with Crippen LogP contribution in [0.25, 0.3) is 6.08 Å². The quantitative estimate of drug-likeness (QED) is 0.535. The molecule has 7 nitrogen and oxygen atoms in total. The molecule has 0 aliphatic rings. The number of esters is 1. The van der Waals surface area contributed by atoms with Crippen LogP contribution >= 0.6 is 11.6 Å². The van der Waals surface area contributed by atoms with Crippen LogP contribution in [0.4, 0.5) is 10.1 Å². The van der Waals surface area contributed by atoms with Gasteiger partial charge in [0.05, 0.1) is 32.0 Å². The second-order valence-corrected chi connectivity index (χ2v) is 7.40. The van der Waals surface area contributed by atoms with Crippen molar-refractivity contribution in [3.05, 3.63) is 52.8 Å². The van der Waals surface area contributed by atoms with Crippen molar-refractivity contribution in [2.24, 2.45) is 0 Å². The molecular formula is C18H17ClFNO6S. The number of ether oxygens (including phenoxy) is 3. The molecule has 2 aromatic rings. The summed E-state index contributed by atoms with van der Waals surface area (Å²) >= 11 is 5.70. The lowest BCUT2D eigenvalue weighted by atomic mass is 10.2. The van der Waals surface area contributed by atoms with Gasteiger partial charge in [-0.1, -0.05) is 11.6 Å². The number of anilines is 1. The van der Waals surface area contributed by atoms with Crippen molar-refractivity contribution in [1.82, 2.24) is 0 Å². The predicted octanol–water partition coefficient (Wildman–Crippen LogP) is 3.48. The van der Waals surface area contributed by atoms with Crippen LogP contribution < -0.4 is 14.2 Å².